The Morgan fingerprint density at radius 1 is 1.27 bits per heavy atom. The fourth-order valence-electron chi connectivity index (χ4n) is 3.22. The Bertz CT molecular complexity index is 870. The van der Waals surface area contributed by atoms with Crippen molar-refractivity contribution in [1.82, 2.24) is 9.88 Å². The molecule has 0 spiro atoms. The standard InChI is InChI=1S/C20H22N2O4/c1-14-17(21-20(26-14)16-7-10-24-13-16)12-22-8-4-9-25-19-15(11-22)5-3-6-18(19)23-2/h3,5-7,10,13H,4,8-9,11-12H2,1-2H3. The second kappa shape index (κ2) is 7.25. The molecule has 0 atom stereocenters. The van der Waals surface area contributed by atoms with Gasteiger partial charge < -0.3 is 18.3 Å². The highest BCUT2D eigenvalue weighted by atomic mass is 16.5. The topological polar surface area (TPSA) is 60.9 Å². The lowest BCUT2D eigenvalue weighted by Gasteiger charge is -2.26. The Kier molecular flexibility index (Phi) is 4.67. The molecule has 1 aromatic carbocycles. The number of nitrogens with zero attached hydrogens (tertiary/aromatic N) is 2. The van der Waals surface area contributed by atoms with Crippen molar-refractivity contribution in [2.75, 3.05) is 20.3 Å². The minimum absolute atomic E-state index is 0.601. The van der Waals surface area contributed by atoms with Gasteiger partial charge in [0.05, 0.1) is 31.2 Å². The van der Waals surface area contributed by atoms with Gasteiger partial charge in [0.1, 0.15) is 12.0 Å². The predicted molar refractivity (Wildman–Crippen MR) is 96.2 cm³/mol. The van der Waals surface area contributed by atoms with Gasteiger partial charge in [-0.25, -0.2) is 4.98 Å². The molecule has 1 aliphatic heterocycles. The SMILES string of the molecule is COc1cccc2c1OCCCN(Cc1nc(-c3ccoc3)oc1C)C2. The summed E-state index contributed by atoms with van der Waals surface area (Å²) in [5.74, 6) is 3.06. The van der Waals surface area contributed by atoms with Crippen LogP contribution in [0.5, 0.6) is 11.5 Å². The lowest BCUT2D eigenvalue weighted by atomic mass is 10.1. The summed E-state index contributed by atoms with van der Waals surface area (Å²) in [7, 11) is 1.67. The van der Waals surface area contributed by atoms with E-state index in [0.717, 1.165) is 60.1 Å². The number of hydrogen-bond donors (Lipinski definition) is 0. The number of benzene rings is 1. The Labute approximate surface area is 152 Å². The van der Waals surface area contributed by atoms with E-state index in [4.69, 9.17) is 18.3 Å². The van der Waals surface area contributed by atoms with Gasteiger partial charge in [0.15, 0.2) is 11.5 Å². The molecule has 0 fully saturated rings. The van der Waals surface area contributed by atoms with E-state index in [2.05, 4.69) is 16.0 Å². The molecule has 0 unspecified atom stereocenters. The minimum atomic E-state index is 0.601. The highest BCUT2D eigenvalue weighted by Crippen LogP contribution is 2.33. The normalized spacial score (nSPS) is 15.0. The number of fused-ring (bicyclic) bond motifs is 1. The highest BCUT2D eigenvalue weighted by molar-refractivity contribution is 5.51. The van der Waals surface area contributed by atoms with E-state index in [1.807, 2.05) is 25.1 Å². The number of aromatic nitrogens is 1. The third-order valence-electron chi connectivity index (χ3n) is 4.57. The van der Waals surface area contributed by atoms with Gasteiger partial charge in [-0.3, -0.25) is 4.90 Å². The number of furan rings is 1. The van der Waals surface area contributed by atoms with Gasteiger partial charge >= 0.3 is 0 Å². The lowest BCUT2D eigenvalue weighted by Crippen LogP contribution is -2.28. The molecule has 0 amide bonds. The zero-order valence-corrected chi connectivity index (χ0v) is 15.0. The molecule has 0 radical (unpaired) electrons. The van der Waals surface area contributed by atoms with Crippen LogP contribution in [0.3, 0.4) is 0 Å². The Balaban J connectivity index is 1.56. The fraction of sp³-hybridized carbons (Fsp3) is 0.350. The second-order valence-corrected chi connectivity index (χ2v) is 6.40. The number of rotatable bonds is 4. The van der Waals surface area contributed by atoms with Crippen molar-refractivity contribution in [3.63, 3.8) is 0 Å². The molecular formula is C20H22N2O4. The summed E-state index contributed by atoms with van der Waals surface area (Å²) in [5.41, 5.74) is 2.93. The monoisotopic (exact) mass is 354 g/mol. The number of ether oxygens (including phenoxy) is 2. The maximum absolute atomic E-state index is 5.93. The van der Waals surface area contributed by atoms with E-state index >= 15 is 0 Å². The van der Waals surface area contributed by atoms with Gasteiger partial charge in [-0.1, -0.05) is 12.1 Å². The maximum Gasteiger partial charge on any atom is 0.229 e. The molecule has 6 nitrogen and oxygen atoms in total. The van der Waals surface area contributed by atoms with Crippen molar-refractivity contribution in [2.24, 2.45) is 0 Å². The van der Waals surface area contributed by atoms with E-state index in [0.29, 0.717) is 12.5 Å². The average Bonchev–Trinajstić information content (AvgIpc) is 3.27. The molecule has 1 aliphatic rings. The third-order valence-corrected chi connectivity index (χ3v) is 4.57. The van der Waals surface area contributed by atoms with Crippen LogP contribution in [0.25, 0.3) is 11.5 Å². The third kappa shape index (κ3) is 3.32. The van der Waals surface area contributed by atoms with Crippen molar-refractivity contribution in [3.05, 3.63) is 53.8 Å². The molecular weight excluding hydrogens is 332 g/mol. The van der Waals surface area contributed by atoms with Gasteiger partial charge in [-0.2, -0.15) is 0 Å². The molecule has 136 valence electrons. The van der Waals surface area contributed by atoms with E-state index in [-0.39, 0.29) is 0 Å². The summed E-state index contributed by atoms with van der Waals surface area (Å²) >= 11 is 0. The Morgan fingerprint density at radius 3 is 3.00 bits per heavy atom. The number of methoxy groups -OCH3 is 1. The molecule has 26 heavy (non-hydrogen) atoms. The van der Waals surface area contributed by atoms with Crippen LogP contribution in [0.15, 0.2) is 45.6 Å². The zero-order chi connectivity index (χ0) is 17.9. The van der Waals surface area contributed by atoms with Crippen molar-refractivity contribution in [1.29, 1.82) is 0 Å². The molecule has 0 saturated heterocycles. The smallest absolute Gasteiger partial charge is 0.229 e. The molecule has 0 aliphatic carbocycles. The van der Waals surface area contributed by atoms with Crippen LogP contribution in [0, 0.1) is 6.92 Å². The first kappa shape index (κ1) is 16.7. The Morgan fingerprint density at radius 2 is 2.19 bits per heavy atom. The van der Waals surface area contributed by atoms with Gasteiger partial charge in [-0.15, -0.1) is 0 Å². The first-order valence-electron chi connectivity index (χ1n) is 8.74. The zero-order valence-electron chi connectivity index (χ0n) is 15.0. The summed E-state index contributed by atoms with van der Waals surface area (Å²) in [5, 5.41) is 0. The summed E-state index contributed by atoms with van der Waals surface area (Å²) in [6.07, 6.45) is 4.21. The highest BCUT2D eigenvalue weighted by Gasteiger charge is 2.20. The van der Waals surface area contributed by atoms with Crippen LogP contribution >= 0.6 is 0 Å². The van der Waals surface area contributed by atoms with Crippen LogP contribution in [-0.4, -0.2) is 30.1 Å². The van der Waals surface area contributed by atoms with Gasteiger partial charge in [0.2, 0.25) is 5.89 Å². The number of oxazole rings is 1. The van der Waals surface area contributed by atoms with Gasteiger partial charge in [0, 0.05) is 25.2 Å². The van der Waals surface area contributed by atoms with Crippen LogP contribution in [0.4, 0.5) is 0 Å². The van der Waals surface area contributed by atoms with E-state index < -0.39 is 0 Å². The molecule has 4 rings (SSSR count). The van der Waals surface area contributed by atoms with E-state index in [9.17, 15) is 0 Å². The van der Waals surface area contributed by atoms with Crippen LogP contribution in [-0.2, 0) is 13.1 Å². The first-order valence-corrected chi connectivity index (χ1v) is 8.74. The molecule has 0 N–H and O–H groups in total. The second-order valence-electron chi connectivity index (χ2n) is 6.40. The van der Waals surface area contributed by atoms with Gasteiger partial charge in [-0.05, 0) is 25.5 Å². The summed E-state index contributed by atoms with van der Waals surface area (Å²) < 4.78 is 22.3. The summed E-state index contributed by atoms with van der Waals surface area (Å²) in [4.78, 5) is 7.03. The van der Waals surface area contributed by atoms with Crippen LogP contribution in [0.1, 0.15) is 23.4 Å². The van der Waals surface area contributed by atoms with Crippen molar-refractivity contribution in [3.8, 4) is 23.0 Å². The minimum Gasteiger partial charge on any atom is -0.493 e. The van der Waals surface area contributed by atoms with E-state index in [1.54, 1.807) is 19.6 Å². The quantitative estimate of drug-likeness (QED) is 0.705. The average molecular weight is 354 g/mol. The number of hydrogen-bond acceptors (Lipinski definition) is 6. The van der Waals surface area contributed by atoms with Crippen molar-refractivity contribution >= 4 is 0 Å². The van der Waals surface area contributed by atoms with Gasteiger partial charge in [0.25, 0.3) is 0 Å². The maximum atomic E-state index is 5.93. The predicted octanol–water partition coefficient (Wildman–Crippen LogP) is 4.04. The van der Waals surface area contributed by atoms with Crippen molar-refractivity contribution in [2.45, 2.75) is 26.4 Å². The van der Waals surface area contributed by atoms with Crippen LogP contribution < -0.4 is 9.47 Å². The summed E-state index contributed by atoms with van der Waals surface area (Å²) in [6, 6.07) is 7.87. The molecule has 3 aromatic rings. The molecule has 0 bridgehead atoms. The molecule has 6 heteroatoms. The fourth-order valence-corrected chi connectivity index (χ4v) is 3.22. The largest absolute Gasteiger partial charge is 0.493 e. The first-order chi connectivity index (χ1) is 12.7. The molecule has 3 heterocycles. The van der Waals surface area contributed by atoms with E-state index in [1.165, 1.54) is 0 Å². The number of para-hydroxylation sites is 1. The van der Waals surface area contributed by atoms with Crippen LogP contribution in [0.2, 0.25) is 0 Å². The molecule has 0 saturated carbocycles. The molecule has 2 aromatic heterocycles. The van der Waals surface area contributed by atoms with Crippen molar-refractivity contribution < 1.29 is 18.3 Å². The number of aryl methyl sites for hydroxylation is 1. The summed E-state index contributed by atoms with van der Waals surface area (Å²) in [6.45, 7) is 5.06. The lowest BCUT2D eigenvalue weighted by molar-refractivity contribution is 0.193. The Hall–Kier alpha value is -2.73.